The topological polar surface area (TPSA) is 59.0 Å². The normalized spacial score (nSPS) is 27.3. The minimum Gasteiger partial charge on any atom is -0.489 e. The number of benzene rings is 2. The van der Waals surface area contributed by atoms with Crippen LogP contribution in [0.3, 0.4) is 0 Å². The predicted octanol–water partition coefficient (Wildman–Crippen LogP) is 3.55. The smallest absolute Gasteiger partial charge is 0.254 e. The number of fused-ring (bicyclic) bond motifs is 5. The summed E-state index contributed by atoms with van der Waals surface area (Å²) in [5.74, 6) is -0.288. The van der Waals surface area contributed by atoms with Crippen molar-refractivity contribution in [2.75, 3.05) is 0 Å². The molecule has 1 aliphatic heterocycles. The number of ether oxygens (including phenoxy) is 1. The number of carbonyl (C=O) groups is 2. The van der Waals surface area contributed by atoms with Gasteiger partial charge in [0.1, 0.15) is 18.2 Å². The van der Waals surface area contributed by atoms with Gasteiger partial charge >= 0.3 is 0 Å². The van der Waals surface area contributed by atoms with E-state index in [1.807, 2.05) is 6.07 Å². The van der Waals surface area contributed by atoms with Gasteiger partial charge in [0.05, 0.1) is 18.1 Å². The Morgan fingerprint density at radius 2 is 1.76 bits per heavy atom. The van der Waals surface area contributed by atoms with Gasteiger partial charge in [0, 0.05) is 0 Å². The molecule has 0 N–H and O–H groups in total. The molecular formula is C23H19FN2O3. The molecule has 3 aliphatic rings. The van der Waals surface area contributed by atoms with Crippen molar-refractivity contribution in [3.8, 4) is 5.75 Å². The van der Waals surface area contributed by atoms with Gasteiger partial charge in [0.15, 0.2) is 0 Å². The van der Waals surface area contributed by atoms with Crippen molar-refractivity contribution >= 4 is 18.0 Å². The number of allylic oxidation sites excluding steroid dienone is 2. The number of hydrogen-bond donors (Lipinski definition) is 0. The van der Waals surface area contributed by atoms with Gasteiger partial charge in [-0.3, -0.25) is 9.59 Å². The molecule has 2 bridgehead atoms. The molecule has 29 heavy (non-hydrogen) atoms. The van der Waals surface area contributed by atoms with Gasteiger partial charge in [0.25, 0.3) is 11.8 Å². The number of rotatable bonds is 5. The number of amides is 2. The first kappa shape index (κ1) is 17.8. The highest BCUT2D eigenvalue weighted by atomic mass is 19.1. The Balaban J connectivity index is 1.27. The van der Waals surface area contributed by atoms with Gasteiger partial charge in [-0.25, -0.2) is 4.39 Å². The van der Waals surface area contributed by atoms with Crippen molar-refractivity contribution in [2.24, 2.45) is 28.8 Å². The fourth-order valence-corrected chi connectivity index (χ4v) is 4.60. The van der Waals surface area contributed by atoms with E-state index in [0.717, 1.165) is 17.0 Å². The van der Waals surface area contributed by atoms with Gasteiger partial charge in [-0.2, -0.15) is 10.1 Å². The third-order valence-corrected chi connectivity index (χ3v) is 5.92. The maximum absolute atomic E-state index is 13.3. The van der Waals surface area contributed by atoms with Gasteiger partial charge < -0.3 is 4.74 Å². The van der Waals surface area contributed by atoms with Crippen LogP contribution in [0.25, 0.3) is 0 Å². The van der Waals surface area contributed by atoms with Gasteiger partial charge in [-0.15, -0.1) is 0 Å². The molecule has 2 fully saturated rings. The summed E-state index contributed by atoms with van der Waals surface area (Å²) in [5.41, 5.74) is 1.44. The Morgan fingerprint density at radius 1 is 1.03 bits per heavy atom. The molecule has 1 heterocycles. The Morgan fingerprint density at radius 3 is 2.48 bits per heavy atom. The summed E-state index contributed by atoms with van der Waals surface area (Å²) in [6.45, 7) is 0.237. The lowest BCUT2D eigenvalue weighted by atomic mass is 9.85. The van der Waals surface area contributed by atoms with E-state index in [1.165, 1.54) is 18.3 Å². The van der Waals surface area contributed by atoms with E-state index < -0.39 is 0 Å². The number of hydrogen-bond acceptors (Lipinski definition) is 4. The molecular weight excluding hydrogens is 371 g/mol. The first-order chi connectivity index (χ1) is 14.1. The molecule has 5 nitrogen and oxygen atoms in total. The third kappa shape index (κ3) is 3.14. The van der Waals surface area contributed by atoms with Crippen LogP contribution in [-0.2, 0) is 16.2 Å². The van der Waals surface area contributed by atoms with Crippen molar-refractivity contribution in [3.05, 3.63) is 77.6 Å². The second-order valence-electron chi connectivity index (χ2n) is 7.72. The summed E-state index contributed by atoms with van der Waals surface area (Å²) in [6.07, 6.45) is 6.52. The SMILES string of the molecule is O=C1[C@@H]2[C@H](C(=O)N1N=Cc1cccc(OCc3cccc(F)c3)c1)[C@H]1C=C[C@H]2C1. The first-order valence-electron chi connectivity index (χ1n) is 9.67. The Bertz CT molecular complexity index is 1020. The lowest BCUT2D eigenvalue weighted by Gasteiger charge is -2.13. The predicted molar refractivity (Wildman–Crippen MR) is 104 cm³/mol. The van der Waals surface area contributed by atoms with Crippen LogP contribution >= 0.6 is 0 Å². The molecule has 146 valence electrons. The number of nitrogens with zero attached hydrogens (tertiary/aromatic N) is 2. The summed E-state index contributed by atoms with van der Waals surface area (Å²) < 4.78 is 19.0. The monoisotopic (exact) mass is 390 g/mol. The molecule has 0 radical (unpaired) electrons. The number of hydrazone groups is 1. The molecule has 2 aromatic rings. The second kappa shape index (κ2) is 6.95. The van der Waals surface area contributed by atoms with E-state index in [4.69, 9.17) is 4.74 Å². The average molecular weight is 390 g/mol. The van der Waals surface area contributed by atoms with Crippen LogP contribution in [-0.4, -0.2) is 23.0 Å². The fraction of sp³-hybridized carbons (Fsp3) is 0.261. The maximum Gasteiger partial charge on any atom is 0.254 e. The highest BCUT2D eigenvalue weighted by Gasteiger charge is 2.59. The summed E-state index contributed by atoms with van der Waals surface area (Å²) in [5, 5.41) is 5.21. The molecule has 1 saturated heterocycles. The summed E-state index contributed by atoms with van der Waals surface area (Å²) in [4.78, 5) is 25.3. The maximum atomic E-state index is 13.3. The van der Waals surface area contributed by atoms with E-state index in [2.05, 4.69) is 17.3 Å². The van der Waals surface area contributed by atoms with Crippen molar-refractivity contribution in [1.82, 2.24) is 5.01 Å². The van der Waals surface area contributed by atoms with Crippen molar-refractivity contribution in [1.29, 1.82) is 0 Å². The van der Waals surface area contributed by atoms with E-state index >= 15 is 0 Å². The minimum absolute atomic E-state index is 0.168. The zero-order valence-corrected chi connectivity index (χ0v) is 15.6. The summed E-state index contributed by atoms with van der Waals surface area (Å²) in [6, 6.07) is 13.4. The van der Waals surface area contributed by atoms with Crippen LogP contribution in [0.2, 0.25) is 0 Å². The van der Waals surface area contributed by atoms with Crippen LogP contribution in [0, 0.1) is 29.5 Å². The van der Waals surface area contributed by atoms with Crippen molar-refractivity contribution in [3.63, 3.8) is 0 Å². The number of halogens is 1. The molecule has 2 aliphatic carbocycles. The van der Waals surface area contributed by atoms with Crippen LogP contribution in [0.4, 0.5) is 4.39 Å². The highest BCUT2D eigenvalue weighted by Crippen LogP contribution is 2.52. The Labute approximate surface area is 167 Å². The molecule has 2 aromatic carbocycles. The number of carbonyl (C=O) groups excluding carboxylic acids is 2. The van der Waals surface area contributed by atoms with Gasteiger partial charge in [-0.05, 0) is 53.6 Å². The molecule has 0 unspecified atom stereocenters. The quantitative estimate of drug-likeness (QED) is 0.446. The third-order valence-electron chi connectivity index (χ3n) is 5.92. The molecule has 5 rings (SSSR count). The summed E-state index contributed by atoms with van der Waals surface area (Å²) >= 11 is 0. The van der Waals surface area contributed by atoms with E-state index in [1.54, 1.807) is 30.3 Å². The Hall–Kier alpha value is -3.28. The zero-order valence-electron chi connectivity index (χ0n) is 15.6. The van der Waals surface area contributed by atoms with E-state index in [-0.39, 0.29) is 47.9 Å². The zero-order chi connectivity index (χ0) is 20.0. The standard InChI is InChI=1S/C23H19FN2O3/c24-18-5-1-4-15(9-18)13-29-19-6-2-3-14(10-19)12-25-26-22(27)20-16-7-8-17(11-16)21(20)23(26)28/h1-10,12,16-17,20-21H,11,13H2/t16-,17-,20-,21+/m0/s1. The van der Waals surface area contributed by atoms with Crippen molar-refractivity contribution in [2.45, 2.75) is 13.0 Å². The van der Waals surface area contributed by atoms with Crippen LogP contribution in [0.1, 0.15) is 17.5 Å². The lowest BCUT2D eigenvalue weighted by molar-refractivity contribution is -0.140. The second-order valence-corrected chi connectivity index (χ2v) is 7.72. The first-order valence-corrected chi connectivity index (χ1v) is 9.67. The van der Waals surface area contributed by atoms with E-state index in [0.29, 0.717) is 11.3 Å². The molecule has 1 saturated carbocycles. The van der Waals surface area contributed by atoms with Crippen molar-refractivity contribution < 1.29 is 18.7 Å². The fourth-order valence-electron chi connectivity index (χ4n) is 4.60. The average Bonchev–Trinajstić information content (AvgIpc) is 3.40. The molecule has 2 amide bonds. The van der Waals surface area contributed by atoms with E-state index in [9.17, 15) is 14.0 Å². The molecule has 0 spiro atoms. The molecule has 6 heteroatoms. The largest absolute Gasteiger partial charge is 0.489 e. The number of imide groups is 1. The molecule has 4 atom stereocenters. The van der Waals surface area contributed by atoms with Gasteiger partial charge in [-0.1, -0.05) is 36.4 Å². The minimum atomic E-state index is -0.305. The van der Waals surface area contributed by atoms with Crippen LogP contribution < -0.4 is 4.74 Å². The Kier molecular flexibility index (Phi) is 4.27. The lowest BCUT2D eigenvalue weighted by Crippen LogP contribution is -2.28. The van der Waals surface area contributed by atoms with Gasteiger partial charge in [0.2, 0.25) is 0 Å². The summed E-state index contributed by atoms with van der Waals surface area (Å²) in [7, 11) is 0. The van der Waals surface area contributed by atoms with Crippen LogP contribution in [0.15, 0.2) is 65.8 Å². The van der Waals surface area contributed by atoms with Crippen LogP contribution in [0.5, 0.6) is 5.75 Å². The highest BCUT2D eigenvalue weighted by molar-refractivity contribution is 6.06. The molecule has 0 aromatic heterocycles.